The van der Waals surface area contributed by atoms with Crippen LogP contribution in [0.25, 0.3) is 0 Å². The van der Waals surface area contributed by atoms with E-state index in [4.69, 9.17) is 10.5 Å². The summed E-state index contributed by atoms with van der Waals surface area (Å²) in [6.45, 7) is 3.78. The van der Waals surface area contributed by atoms with E-state index in [2.05, 4.69) is 12.2 Å². The predicted molar refractivity (Wildman–Crippen MR) is 52.5 cm³/mol. The zero-order valence-corrected chi connectivity index (χ0v) is 8.33. The molecule has 0 amide bonds. The maximum atomic E-state index is 5.73. The fourth-order valence-electron chi connectivity index (χ4n) is 2.11. The Balaban J connectivity index is 1.82. The molecule has 3 nitrogen and oxygen atoms in total. The molecular formula is C10H20N2O. The molecule has 2 rings (SSSR count). The van der Waals surface area contributed by atoms with Crippen LogP contribution >= 0.6 is 0 Å². The molecule has 1 aliphatic heterocycles. The van der Waals surface area contributed by atoms with Crippen LogP contribution in [0.15, 0.2) is 0 Å². The molecule has 0 aromatic rings. The molecule has 0 spiro atoms. The second-order valence-electron chi connectivity index (χ2n) is 4.37. The van der Waals surface area contributed by atoms with E-state index in [1.807, 2.05) is 0 Å². The van der Waals surface area contributed by atoms with Crippen molar-refractivity contribution in [3.8, 4) is 0 Å². The van der Waals surface area contributed by atoms with Crippen LogP contribution in [0.5, 0.6) is 0 Å². The van der Waals surface area contributed by atoms with Crippen molar-refractivity contribution in [1.82, 2.24) is 5.32 Å². The molecule has 3 heteroatoms. The normalized spacial score (nSPS) is 36.5. The molecule has 0 radical (unpaired) electrons. The zero-order valence-electron chi connectivity index (χ0n) is 8.33. The van der Waals surface area contributed by atoms with Crippen LogP contribution in [0.3, 0.4) is 0 Å². The van der Waals surface area contributed by atoms with E-state index in [-0.39, 0.29) is 0 Å². The molecule has 1 saturated heterocycles. The highest BCUT2D eigenvalue weighted by Crippen LogP contribution is 2.38. The molecule has 2 aliphatic rings. The van der Waals surface area contributed by atoms with Gasteiger partial charge in [0.2, 0.25) is 0 Å². The lowest BCUT2D eigenvalue weighted by atomic mass is 10.1. The molecule has 0 aromatic heterocycles. The third-order valence-corrected chi connectivity index (χ3v) is 3.07. The number of hydrogen-bond acceptors (Lipinski definition) is 3. The highest BCUT2D eigenvalue weighted by molar-refractivity contribution is 4.94. The Bertz CT molecular complexity index is 170. The summed E-state index contributed by atoms with van der Waals surface area (Å²) < 4.78 is 5.73. The number of nitrogens with one attached hydrogen (secondary N) is 1. The molecule has 1 saturated carbocycles. The SMILES string of the molecule is CC(CN)NC1CCOC1C1CC1. The maximum absolute atomic E-state index is 5.73. The largest absolute Gasteiger partial charge is 0.376 e. The fraction of sp³-hybridized carbons (Fsp3) is 1.00. The van der Waals surface area contributed by atoms with E-state index in [9.17, 15) is 0 Å². The molecule has 3 unspecified atom stereocenters. The minimum atomic E-state index is 0.424. The van der Waals surface area contributed by atoms with Crippen molar-refractivity contribution in [3.63, 3.8) is 0 Å². The topological polar surface area (TPSA) is 47.3 Å². The molecule has 13 heavy (non-hydrogen) atoms. The van der Waals surface area contributed by atoms with Gasteiger partial charge in [-0.15, -0.1) is 0 Å². The van der Waals surface area contributed by atoms with Crippen molar-refractivity contribution in [3.05, 3.63) is 0 Å². The van der Waals surface area contributed by atoms with E-state index in [0.717, 1.165) is 18.9 Å². The smallest absolute Gasteiger partial charge is 0.0757 e. The van der Waals surface area contributed by atoms with Gasteiger partial charge in [-0.1, -0.05) is 0 Å². The van der Waals surface area contributed by atoms with E-state index in [1.165, 1.54) is 12.8 Å². The third-order valence-electron chi connectivity index (χ3n) is 3.07. The summed E-state index contributed by atoms with van der Waals surface area (Å²) in [5.74, 6) is 0.838. The Kier molecular flexibility index (Phi) is 2.86. The lowest BCUT2D eigenvalue weighted by Crippen LogP contribution is -2.45. The number of hydrogen-bond donors (Lipinski definition) is 2. The first-order valence-electron chi connectivity index (χ1n) is 5.39. The summed E-state index contributed by atoms with van der Waals surface area (Å²) >= 11 is 0. The number of rotatable bonds is 4. The van der Waals surface area contributed by atoms with Crippen molar-refractivity contribution in [2.24, 2.45) is 11.7 Å². The van der Waals surface area contributed by atoms with Crippen LogP contribution in [0.2, 0.25) is 0 Å². The van der Waals surface area contributed by atoms with Crippen LogP contribution in [0, 0.1) is 5.92 Å². The quantitative estimate of drug-likeness (QED) is 0.668. The molecule has 2 fully saturated rings. The van der Waals surface area contributed by atoms with Gasteiger partial charge in [-0.3, -0.25) is 0 Å². The molecule has 0 bridgehead atoms. The number of nitrogens with two attached hydrogens (primary N) is 1. The molecule has 3 N–H and O–H groups in total. The fourth-order valence-corrected chi connectivity index (χ4v) is 2.11. The van der Waals surface area contributed by atoms with Gasteiger partial charge in [0.25, 0.3) is 0 Å². The van der Waals surface area contributed by atoms with Crippen LogP contribution in [0.4, 0.5) is 0 Å². The summed E-state index contributed by atoms with van der Waals surface area (Å²) in [6, 6.07) is 0.985. The minimum absolute atomic E-state index is 0.424. The minimum Gasteiger partial charge on any atom is -0.376 e. The monoisotopic (exact) mass is 184 g/mol. The van der Waals surface area contributed by atoms with Gasteiger partial charge in [-0.2, -0.15) is 0 Å². The van der Waals surface area contributed by atoms with Gasteiger partial charge in [-0.25, -0.2) is 0 Å². The molecule has 1 aliphatic carbocycles. The van der Waals surface area contributed by atoms with Crippen LogP contribution in [-0.4, -0.2) is 31.3 Å². The average molecular weight is 184 g/mol. The lowest BCUT2D eigenvalue weighted by Gasteiger charge is -2.22. The molecule has 76 valence electrons. The second-order valence-corrected chi connectivity index (χ2v) is 4.37. The van der Waals surface area contributed by atoms with E-state index in [0.29, 0.717) is 24.7 Å². The maximum Gasteiger partial charge on any atom is 0.0757 e. The molecule has 1 heterocycles. The Morgan fingerprint density at radius 2 is 2.23 bits per heavy atom. The first kappa shape index (κ1) is 9.44. The van der Waals surface area contributed by atoms with E-state index in [1.54, 1.807) is 0 Å². The van der Waals surface area contributed by atoms with Crippen LogP contribution in [0.1, 0.15) is 26.2 Å². The predicted octanol–water partition coefficient (Wildman–Crippen LogP) is 0.491. The van der Waals surface area contributed by atoms with Crippen LogP contribution in [-0.2, 0) is 4.74 Å². The first-order chi connectivity index (χ1) is 6.31. The standard InChI is InChI=1S/C10H20N2O/c1-7(6-11)12-9-4-5-13-10(9)8-2-3-8/h7-10,12H,2-6,11H2,1H3. The highest BCUT2D eigenvalue weighted by atomic mass is 16.5. The van der Waals surface area contributed by atoms with Gasteiger partial charge in [0.05, 0.1) is 6.10 Å². The van der Waals surface area contributed by atoms with Gasteiger partial charge < -0.3 is 15.8 Å². The summed E-state index contributed by atoms with van der Waals surface area (Å²) in [4.78, 5) is 0. The highest BCUT2D eigenvalue weighted by Gasteiger charge is 2.40. The van der Waals surface area contributed by atoms with Gasteiger partial charge in [0.15, 0.2) is 0 Å². The van der Waals surface area contributed by atoms with Crippen molar-refractivity contribution in [2.75, 3.05) is 13.2 Å². The van der Waals surface area contributed by atoms with Crippen molar-refractivity contribution >= 4 is 0 Å². The Morgan fingerprint density at radius 3 is 2.85 bits per heavy atom. The van der Waals surface area contributed by atoms with Crippen LogP contribution < -0.4 is 11.1 Å². The summed E-state index contributed by atoms with van der Waals surface area (Å²) in [5.41, 5.74) is 5.58. The Hall–Kier alpha value is -0.120. The second kappa shape index (κ2) is 3.95. The zero-order chi connectivity index (χ0) is 9.26. The van der Waals surface area contributed by atoms with Crippen molar-refractivity contribution < 1.29 is 4.74 Å². The van der Waals surface area contributed by atoms with Gasteiger partial charge in [0, 0.05) is 25.2 Å². The van der Waals surface area contributed by atoms with Gasteiger partial charge in [0.1, 0.15) is 0 Å². The molecule has 0 aromatic carbocycles. The van der Waals surface area contributed by atoms with Crippen molar-refractivity contribution in [2.45, 2.75) is 44.4 Å². The number of ether oxygens (including phenoxy) is 1. The third kappa shape index (κ3) is 2.22. The van der Waals surface area contributed by atoms with Gasteiger partial charge >= 0.3 is 0 Å². The molecular weight excluding hydrogens is 164 g/mol. The van der Waals surface area contributed by atoms with Gasteiger partial charge in [-0.05, 0) is 32.1 Å². The first-order valence-corrected chi connectivity index (χ1v) is 5.39. The summed E-state index contributed by atoms with van der Waals surface area (Å²) in [7, 11) is 0. The van der Waals surface area contributed by atoms with Crippen molar-refractivity contribution in [1.29, 1.82) is 0 Å². The molecule has 3 atom stereocenters. The average Bonchev–Trinajstić information content (AvgIpc) is 2.88. The van der Waals surface area contributed by atoms with E-state index < -0.39 is 0 Å². The summed E-state index contributed by atoms with van der Waals surface area (Å²) in [5, 5.41) is 3.55. The Labute approximate surface area is 80.0 Å². The summed E-state index contributed by atoms with van der Waals surface area (Å²) in [6.07, 6.45) is 4.36. The lowest BCUT2D eigenvalue weighted by molar-refractivity contribution is 0.0795. The van der Waals surface area contributed by atoms with E-state index >= 15 is 0 Å². The Morgan fingerprint density at radius 1 is 1.46 bits per heavy atom.